The molecule has 0 aliphatic rings. The molecular formula is C34H38N2O6. The van der Waals surface area contributed by atoms with Gasteiger partial charge in [-0.1, -0.05) is 24.3 Å². The highest BCUT2D eigenvalue weighted by molar-refractivity contribution is 5.93. The number of hydrogen-bond acceptors (Lipinski definition) is 8. The zero-order valence-corrected chi connectivity index (χ0v) is 23.9. The highest BCUT2D eigenvalue weighted by Crippen LogP contribution is 2.32. The number of rotatable bonds is 18. The van der Waals surface area contributed by atoms with Crippen molar-refractivity contribution in [3.63, 3.8) is 0 Å². The van der Waals surface area contributed by atoms with Gasteiger partial charge in [0.05, 0.1) is 37.6 Å². The third-order valence-electron chi connectivity index (χ3n) is 6.70. The molecule has 2 aromatic carbocycles. The smallest absolute Gasteiger partial charge is 0.339 e. The number of aromatic nitrogens is 2. The summed E-state index contributed by atoms with van der Waals surface area (Å²) in [5.41, 5.74) is 0.952. The third-order valence-corrected chi connectivity index (χ3v) is 6.70. The van der Waals surface area contributed by atoms with Crippen LogP contribution in [0.15, 0.2) is 85.5 Å². The van der Waals surface area contributed by atoms with Crippen LogP contribution in [-0.2, 0) is 9.47 Å². The topological polar surface area (TPSA) is 96.8 Å². The summed E-state index contributed by atoms with van der Waals surface area (Å²) in [6.07, 6.45) is 13.7. The fourth-order valence-electron chi connectivity index (χ4n) is 4.45. The van der Waals surface area contributed by atoms with E-state index in [1.165, 1.54) is 12.4 Å². The van der Waals surface area contributed by atoms with Gasteiger partial charge in [-0.25, -0.2) is 9.59 Å². The van der Waals surface area contributed by atoms with Gasteiger partial charge in [0.1, 0.15) is 11.5 Å². The molecule has 0 N–H and O–H groups in total. The molecule has 220 valence electrons. The number of carbonyl (C=O) groups is 2. The first kappa shape index (κ1) is 30.5. The predicted octanol–water partition coefficient (Wildman–Crippen LogP) is 7.22. The number of pyridine rings is 2. The van der Waals surface area contributed by atoms with E-state index in [-0.39, 0.29) is 11.9 Å². The normalized spacial score (nSPS) is 10.8. The summed E-state index contributed by atoms with van der Waals surface area (Å²) < 4.78 is 22.8. The SMILES string of the molecule is O=C(OCCCCCCOc1cccc2c(OCCCCCCOC(=O)c3cccnc3)cccc12)c1cccnc1. The monoisotopic (exact) mass is 570 g/mol. The van der Waals surface area contributed by atoms with Crippen molar-refractivity contribution in [3.05, 3.63) is 96.6 Å². The van der Waals surface area contributed by atoms with E-state index in [4.69, 9.17) is 18.9 Å². The molecule has 0 atom stereocenters. The van der Waals surface area contributed by atoms with Crippen molar-refractivity contribution in [2.45, 2.75) is 51.4 Å². The van der Waals surface area contributed by atoms with E-state index in [0.29, 0.717) is 37.6 Å². The summed E-state index contributed by atoms with van der Waals surface area (Å²) in [6.45, 7) is 2.06. The number of carbonyl (C=O) groups excluding carboxylic acids is 2. The Balaban J connectivity index is 1.08. The fraction of sp³-hybridized carbons (Fsp3) is 0.353. The van der Waals surface area contributed by atoms with Crippen LogP contribution in [0.2, 0.25) is 0 Å². The molecule has 0 unspecified atom stereocenters. The molecule has 0 fully saturated rings. The average molecular weight is 571 g/mol. The summed E-state index contributed by atoms with van der Waals surface area (Å²) in [5, 5.41) is 2.07. The van der Waals surface area contributed by atoms with Crippen LogP contribution < -0.4 is 9.47 Å². The zero-order chi connectivity index (χ0) is 29.2. The van der Waals surface area contributed by atoms with Crippen molar-refractivity contribution in [2.75, 3.05) is 26.4 Å². The van der Waals surface area contributed by atoms with E-state index in [9.17, 15) is 9.59 Å². The maximum Gasteiger partial charge on any atom is 0.339 e. The molecule has 0 saturated heterocycles. The second-order valence-corrected chi connectivity index (χ2v) is 9.89. The van der Waals surface area contributed by atoms with Crippen LogP contribution >= 0.6 is 0 Å². The minimum atomic E-state index is -0.331. The molecule has 0 aliphatic carbocycles. The van der Waals surface area contributed by atoms with E-state index in [1.807, 2.05) is 24.3 Å². The van der Waals surface area contributed by atoms with Crippen LogP contribution in [0.25, 0.3) is 10.8 Å². The summed E-state index contributed by atoms with van der Waals surface area (Å²) >= 11 is 0. The Morgan fingerprint density at radius 1 is 0.500 bits per heavy atom. The summed E-state index contributed by atoms with van der Waals surface area (Å²) in [5.74, 6) is 1.04. The molecule has 2 aromatic heterocycles. The number of esters is 2. The van der Waals surface area contributed by atoms with Gasteiger partial charge in [-0.3, -0.25) is 9.97 Å². The first-order chi connectivity index (χ1) is 20.7. The minimum absolute atomic E-state index is 0.331. The largest absolute Gasteiger partial charge is 0.493 e. The van der Waals surface area contributed by atoms with Gasteiger partial charge >= 0.3 is 11.9 Å². The van der Waals surface area contributed by atoms with Crippen molar-refractivity contribution in [3.8, 4) is 11.5 Å². The first-order valence-electron chi connectivity index (χ1n) is 14.6. The Bertz CT molecular complexity index is 1270. The molecule has 4 rings (SSSR count). The van der Waals surface area contributed by atoms with Gasteiger partial charge < -0.3 is 18.9 Å². The van der Waals surface area contributed by atoms with Gasteiger partial charge in [-0.15, -0.1) is 0 Å². The van der Waals surface area contributed by atoms with Crippen LogP contribution in [0.5, 0.6) is 11.5 Å². The minimum Gasteiger partial charge on any atom is -0.493 e. The van der Waals surface area contributed by atoms with Crippen molar-refractivity contribution < 1.29 is 28.5 Å². The molecule has 0 spiro atoms. The lowest BCUT2D eigenvalue weighted by Gasteiger charge is -2.13. The molecular weight excluding hydrogens is 532 g/mol. The molecule has 0 radical (unpaired) electrons. The van der Waals surface area contributed by atoms with Gasteiger partial charge in [0.2, 0.25) is 0 Å². The fourth-order valence-corrected chi connectivity index (χ4v) is 4.45. The lowest BCUT2D eigenvalue weighted by atomic mass is 10.1. The van der Waals surface area contributed by atoms with Crippen LogP contribution in [0.1, 0.15) is 72.1 Å². The number of nitrogens with zero attached hydrogens (tertiary/aromatic N) is 2. The number of fused-ring (bicyclic) bond motifs is 1. The Morgan fingerprint density at radius 3 is 1.33 bits per heavy atom. The van der Waals surface area contributed by atoms with Crippen molar-refractivity contribution in [2.24, 2.45) is 0 Å². The van der Waals surface area contributed by atoms with Crippen LogP contribution in [-0.4, -0.2) is 48.3 Å². The quantitative estimate of drug-likeness (QED) is 0.0914. The van der Waals surface area contributed by atoms with Gasteiger partial charge in [0, 0.05) is 35.6 Å². The maximum atomic E-state index is 11.9. The highest BCUT2D eigenvalue weighted by Gasteiger charge is 2.09. The molecule has 8 heteroatoms. The van der Waals surface area contributed by atoms with E-state index in [2.05, 4.69) is 22.1 Å². The Hall–Kier alpha value is -4.46. The summed E-state index contributed by atoms with van der Waals surface area (Å²) in [4.78, 5) is 31.8. The number of hydrogen-bond donors (Lipinski definition) is 0. The van der Waals surface area contributed by atoms with Crippen molar-refractivity contribution >= 4 is 22.7 Å². The van der Waals surface area contributed by atoms with Gasteiger partial charge in [-0.2, -0.15) is 0 Å². The molecule has 2 heterocycles. The van der Waals surface area contributed by atoms with Crippen LogP contribution in [0, 0.1) is 0 Å². The number of benzene rings is 2. The Morgan fingerprint density at radius 2 is 0.929 bits per heavy atom. The van der Waals surface area contributed by atoms with Gasteiger partial charge in [-0.05, 0) is 87.8 Å². The van der Waals surface area contributed by atoms with E-state index in [1.54, 1.807) is 36.7 Å². The van der Waals surface area contributed by atoms with Crippen LogP contribution in [0.3, 0.4) is 0 Å². The molecule has 0 saturated carbocycles. The first-order valence-corrected chi connectivity index (χ1v) is 14.6. The highest BCUT2D eigenvalue weighted by atomic mass is 16.5. The second kappa shape index (κ2) is 17.4. The summed E-state index contributed by atoms with van der Waals surface area (Å²) in [6, 6.07) is 18.9. The molecule has 0 aliphatic heterocycles. The third kappa shape index (κ3) is 9.87. The standard InChI is InChI=1S/C34H38N2O6/c37-33(27-13-11-19-35-25-27)41-23-7-3-1-5-21-39-31-17-9-16-30-29(31)15-10-18-32(30)40-22-6-2-4-8-24-42-34(38)28-14-12-20-36-26-28/h9-20,25-26H,1-8,21-24H2. The molecule has 8 nitrogen and oxygen atoms in total. The van der Waals surface area contributed by atoms with Crippen molar-refractivity contribution in [1.82, 2.24) is 9.97 Å². The Labute approximate surface area is 247 Å². The molecule has 4 aromatic rings. The zero-order valence-electron chi connectivity index (χ0n) is 23.9. The van der Waals surface area contributed by atoms with E-state index >= 15 is 0 Å². The lowest BCUT2D eigenvalue weighted by molar-refractivity contribution is 0.0487. The predicted molar refractivity (Wildman–Crippen MR) is 161 cm³/mol. The van der Waals surface area contributed by atoms with Crippen molar-refractivity contribution in [1.29, 1.82) is 0 Å². The lowest BCUT2D eigenvalue weighted by Crippen LogP contribution is -2.06. The molecule has 42 heavy (non-hydrogen) atoms. The molecule has 0 bridgehead atoms. The number of unbranched alkanes of at least 4 members (excludes halogenated alkanes) is 6. The molecule has 0 amide bonds. The van der Waals surface area contributed by atoms with Gasteiger partial charge in [0.25, 0.3) is 0 Å². The maximum absolute atomic E-state index is 11.9. The second-order valence-electron chi connectivity index (χ2n) is 9.89. The van der Waals surface area contributed by atoms with Gasteiger partial charge in [0.15, 0.2) is 0 Å². The van der Waals surface area contributed by atoms with E-state index < -0.39 is 0 Å². The van der Waals surface area contributed by atoms with E-state index in [0.717, 1.165) is 73.6 Å². The van der Waals surface area contributed by atoms with Crippen LogP contribution in [0.4, 0.5) is 0 Å². The Kier molecular flexibility index (Phi) is 12.6. The average Bonchev–Trinajstić information content (AvgIpc) is 3.04. The summed E-state index contributed by atoms with van der Waals surface area (Å²) in [7, 11) is 0. The number of ether oxygens (including phenoxy) is 4.